The van der Waals surface area contributed by atoms with Crippen LogP contribution in [0.2, 0.25) is 0 Å². The van der Waals surface area contributed by atoms with E-state index in [1.54, 1.807) is 0 Å². The van der Waals surface area contributed by atoms with Gasteiger partial charge in [0.1, 0.15) is 10.6 Å². The molecule has 1 aromatic rings. The predicted octanol–water partition coefficient (Wildman–Crippen LogP) is 3.28. The zero-order valence-electron chi connectivity index (χ0n) is 12.8. The number of carbonyl (C=O) groups excluding carboxylic acids is 1. The fraction of sp³-hybridized carbons (Fsp3) is 0.533. The van der Waals surface area contributed by atoms with Crippen LogP contribution in [0.1, 0.15) is 50.9 Å². The van der Waals surface area contributed by atoms with Gasteiger partial charge in [0, 0.05) is 6.42 Å². The average Bonchev–Trinajstić information content (AvgIpc) is 2.24. The highest BCUT2D eigenvalue weighted by Gasteiger charge is 2.26. The molecular weight excluding hydrogens is 292 g/mol. The molecule has 0 heterocycles. The number of aromatic hydroxyl groups is 1. The van der Waals surface area contributed by atoms with Gasteiger partial charge in [-0.2, -0.15) is 8.42 Å². The van der Waals surface area contributed by atoms with Crippen molar-refractivity contribution >= 4 is 15.9 Å². The SMILES string of the molecule is CC(CC(=O)c1c(O)cccc1S(=O)(=O)O)CC(C)(C)C. The van der Waals surface area contributed by atoms with Gasteiger partial charge in [-0.1, -0.05) is 33.8 Å². The minimum absolute atomic E-state index is 0.0337. The lowest BCUT2D eigenvalue weighted by Gasteiger charge is -2.23. The van der Waals surface area contributed by atoms with Crippen molar-refractivity contribution in [2.75, 3.05) is 0 Å². The summed E-state index contributed by atoms with van der Waals surface area (Å²) in [6.07, 6.45) is 0.894. The van der Waals surface area contributed by atoms with E-state index in [1.165, 1.54) is 12.1 Å². The molecule has 2 N–H and O–H groups in total. The molecule has 118 valence electrons. The topological polar surface area (TPSA) is 91.7 Å². The van der Waals surface area contributed by atoms with Crippen LogP contribution in [0.4, 0.5) is 0 Å². The summed E-state index contributed by atoms with van der Waals surface area (Å²) in [5.74, 6) is -0.887. The van der Waals surface area contributed by atoms with Crippen molar-refractivity contribution < 1.29 is 22.9 Å². The maximum Gasteiger partial charge on any atom is 0.295 e. The highest BCUT2D eigenvalue weighted by molar-refractivity contribution is 7.86. The van der Waals surface area contributed by atoms with Crippen LogP contribution in [0.5, 0.6) is 5.75 Å². The highest BCUT2D eigenvalue weighted by Crippen LogP contribution is 2.30. The number of phenols is 1. The smallest absolute Gasteiger partial charge is 0.295 e. The fourth-order valence-corrected chi connectivity index (χ4v) is 3.28. The molecule has 0 radical (unpaired) electrons. The zero-order chi connectivity index (χ0) is 16.4. The van der Waals surface area contributed by atoms with Gasteiger partial charge in [-0.05, 0) is 29.9 Å². The molecule has 0 bridgehead atoms. The van der Waals surface area contributed by atoms with Gasteiger partial charge in [0.15, 0.2) is 5.78 Å². The summed E-state index contributed by atoms with van der Waals surface area (Å²) in [6.45, 7) is 8.06. The van der Waals surface area contributed by atoms with Gasteiger partial charge >= 0.3 is 0 Å². The van der Waals surface area contributed by atoms with Crippen LogP contribution < -0.4 is 0 Å². The lowest BCUT2D eigenvalue weighted by molar-refractivity contribution is 0.0948. The first-order valence-corrected chi connectivity index (χ1v) is 8.18. The van der Waals surface area contributed by atoms with Crippen molar-refractivity contribution in [1.82, 2.24) is 0 Å². The number of carbonyl (C=O) groups is 1. The van der Waals surface area contributed by atoms with Gasteiger partial charge in [-0.15, -0.1) is 0 Å². The standard InChI is InChI=1S/C15H22O5S/c1-10(9-15(2,3)4)8-12(17)14-11(16)6-5-7-13(14)21(18,19)20/h5-7,10,16H,8-9H2,1-4H3,(H,18,19,20). The molecular formula is C15H22O5S. The quantitative estimate of drug-likeness (QED) is 0.643. The van der Waals surface area contributed by atoms with Crippen LogP contribution in [0, 0.1) is 11.3 Å². The number of Topliss-reactive ketones (excluding diaryl/α,β-unsaturated/α-hetero) is 1. The molecule has 1 aromatic carbocycles. The molecule has 0 aliphatic heterocycles. The van der Waals surface area contributed by atoms with Crippen LogP contribution >= 0.6 is 0 Å². The van der Waals surface area contributed by atoms with Gasteiger partial charge < -0.3 is 5.11 Å². The molecule has 1 rings (SSSR count). The van der Waals surface area contributed by atoms with E-state index in [-0.39, 0.29) is 23.3 Å². The summed E-state index contributed by atoms with van der Waals surface area (Å²) in [6, 6.07) is 3.61. The Balaban J connectivity index is 3.09. The summed E-state index contributed by atoms with van der Waals surface area (Å²) >= 11 is 0. The molecule has 0 aliphatic carbocycles. The van der Waals surface area contributed by atoms with Crippen LogP contribution in [0.3, 0.4) is 0 Å². The Morgan fingerprint density at radius 3 is 2.33 bits per heavy atom. The van der Waals surface area contributed by atoms with Gasteiger partial charge in [-0.25, -0.2) is 0 Å². The van der Waals surface area contributed by atoms with E-state index in [2.05, 4.69) is 20.8 Å². The number of benzene rings is 1. The van der Waals surface area contributed by atoms with Gasteiger partial charge in [0.25, 0.3) is 10.1 Å². The van der Waals surface area contributed by atoms with Gasteiger partial charge in [-0.3, -0.25) is 9.35 Å². The molecule has 0 saturated carbocycles. The third-order valence-electron chi connectivity index (χ3n) is 3.06. The fourth-order valence-electron chi connectivity index (χ4n) is 2.55. The Hall–Kier alpha value is -1.40. The van der Waals surface area contributed by atoms with Crippen molar-refractivity contribution in [2.45, 2.75) is 45.4 Å². The first-order chi connectivity index (χ1) is 9.42. The molecule has 0 spiro atoms. The van der Waals surface area contributed by atoms with E-state index >= 15 is 0 Å². The number of hydrogen-bond acceptors (Lipinski definition) is 4. The van der Waals surface area contributed by atoms with Gasteiger partial charge in [0.2, 0.25) is 0 Å². The average molecular weight is 314 g/mol. The van der Waals surface area contributed by atoms with Gasteiger partial charge in [0.05, 0.1) is 5.56 Å². The second-order valence-electron chi connectivity index (χ2n) is 6.62. The lowest BCUT2D eigenvalue weighted by Crippen LogP contribution is -2.16. The van der Waals surface area contributed by atoms with Crippen molar-refractivity contribution in [1.29, 1.82) is 0 Å². The lowest BCUT2D eigenvalue weighted by atomic mass is 9.83. The van der Waals surface area contributed by atoms with E-state index in [1.807, 2.05) is 6.92 Å². The molecule has 6 heteroatoms. The summed E-state index contributed by atoms with van der Waals surface area (Å²) in [4.78, 5) is 11.7. The zero-order valence-corrected chi connectivity index (χ0v) is 13.6. The second-order valence-corrected chi connectivity index (χ2v) is 8.01. The van der Waals surface area contributed by atoms with E-state index < -0.39 is 26.5 Å². The van der Waals surface area contributed by atoms with Crippen LogP contribution in [-0.4, -0.2) is 23.9 Å². The molecule has 0 fully saturated rings. The Kier molecular flexibility index (Phi) is 5.17. The third kappa shape index (κ3) is 5.13. The van der Waals surface area contributed by atoms with Crippen LogP contribution in [0.25, 0.3) is 0 Å². The van der Waals surface area contributed by atoms with Crippen LogP contribution in [0.15, 0.2) is 23.1 Å². The second kappa shape index (κ2) is 6.15. The Morgan fingerprint density at radius 2 is 1.86 bits per heavy atom. The highest BCUT2D eigenvalue weighted by atomic mass is 32.2. The Bertz CT molecular complexity index is 626. The summed E-state index contributed by atoms with van der Waals surface area (Å²) in [5, 5.41) is 9.77. The normalized spacial score (nSPS) is 14.0. The van der Waals surface area contributed by atoms with E-state index in [0.717, 1.165) is 12.5 Å². The minimum atomic E-state index is -4.55. The maximum absolute atomic E-state index is 12.3. The number of ketones is 1. The molecule has 5 nitrogen and oxygen atoms in total. The predicted molar refractivity (Wildman–Crippen MR) is 80.1 cm³/mol. The van der Waals surface area contributed by atoms with E-state index in [4.69, 9.17) is 0 Å². The molecule has 21 heavy (non-hydrogen) atoms. The van der Waals surface area contributed by atoms with E-state index in [9.17, 15) is 22.9 Å². The van der Waals surface area contributed by atoms with Crippen molar-refractivity contribution in [2.24, 2.45) is 11.3 Å². The minimum Gasteiger partial charge on any atom is -0.507 e. The van der Waals surface area contributed by atoms with Crippen molar-refractivity contribution in [3.63, 3.8) is 0 Å². The molecule has 0 aliphatic rings. The van der Waals surface area contributed by atoms with Crippen molar-refractivity contribution in [3.05, 3.63) is 23.8 Å². The Morgan fingerprint density at radius 1 is 1.29 bits per heavy atom. The first-order valence-electron chi connectivity index (χ1n) is 6.74. The maximum atomic E-state index is 12.3. The Labute approximate surface area is 125 Å². The number of hydrogen-bond donors (Lipinski definition) is 2. The summed E-state index contributed by atoms with van der Waals surface area (Å²) < 4.78 is 31.8. The third-order valence-corrected chi connectivity index (χ3v) is 3.95. The number of phenolic OH excluding ortho intramolecular Hbond substituents is 1. The molecule has 1 unspecified atom stereocenters. The monoisotopic (exact) mass is 314 g/mol. The molecule has 0 amide bonds. The number of rotatable bonds is 5. The molecule has 0 saturated heterocycles. The first kappa shape index (κ1) is 17.7. The van der Waals surface area contributed by atoms with Crippen LogP contribution in [-0.2, 0) is 10.1 Å². The van der Waals surface area contributed by atoms with E-state index in [0.29, 0.717) is 0 Å². The molecule has 0 aromatic heterocycles. The molecule has 1 atom stereocenters. The summed E-state index contributed by atoms with van der Waals surface area (Å²) in [5.41, 5.74) is -0.287. The summed E-state index contributed by atoms with van der Waals surface area (Å²) in [7, 11) is -4.55. The largest absolute Gasteiger partial charge is 0.507 e. The van der Waals surface area contributed by atoms with Crippen molar-refractivity contribution in [3.8, 4) is 5.75 Å².